The zero-order valence-corrected chi connectivity index (χ0v) is 14.3. The van der Waals surface area contributed by atoms with Crippen molar-refractivity contribution >= 4 is 5.91 Å². The minimum atomic E-state index is -0.228. The third-order valence-electron chi connectivity index (χ3n) is 4.96. The van der Waals surface area contributed by atoms with E-state index in [2.05, 4.69) is 34.6 Å². The highest BCUT2D eigenvalue weighted by Crippen LogP contribution is 2.38. The number of rotatable bonds is 6. The van der Waals surface area contributed by atoms with Crippen LogP contribution in [0.4, 0.5) is 0 Å². The summed E-state index contributed by atoms with van der Waals surface area (Å²) in [6.07, 6.45) is 7.16. The first-order valence-corrected chi connectivity index (χ1v) is 8.47. The summed E-state index contributed by atoms with van der Waals surface area (Å²) < 4.78 is 5.53. The van der Waals surface area contributed by atoms with E-state index in [9.17, 15) is 4.79 Å². The van der Waals surface area contributed by atoms with Crippen LogP contribution >= 0.6 is 0 Å². The van der Waals surface area contributed by atoms with E-state index in [0.29, 0.717) is 6.42 Å². The monoisotopic (exact) mass is 324 g/mol. The van der Waals surface area contributed by atoms with E-state index in [-0.39, 0.29) is 17.6 Å². The summed E-state index contributed by atoms with van der Waals surface area (Å²) in [5.41, 5.74) is 3.08. The van der Waals surface area contributed by atoms with Gasteiger partial charge in [0.2, 0.25) is 5.91 Å². The molecule has 24 heavy (non-hydrogen) atoms. The summed E-state index contributed by atoms with van der Waals surface area (Å²) in [6.45, 7) is 2.01. The Kier molecular flexibility index (Phi) is 4.95. The number of carbonyl (C=O) groups is 1. The molecule has 1 aromatic heterocycles. The van der Waals surface area contributed by atoms with Crippen molar-refractivity contribution < 1.29 is 9.53 Å². The number of hydrogen-bond donors (Lipinski definition) is 1. The Morgan fingerprint density at radius 3 is 2.54 bits per heavy atom. The highest BCUT2D eigenvalue weighted by Gasteiger charge is 2.39. The fraction of sp³-hybridized carbons (Fsp3) is 0.400. The number of amides is 1. The van der Waals surface area contributed by atoms with Crippen LogP contribution in [0.1, 0.15) is 44.2 Å². The molecule has 0 aliphatic heterocycles. The molecular weight excluding hydrogens is 300 g/mol. The third kappa shape index (κ3) is 3.65. The fourth-order valence-corrected chi connectivity index (χ4v) is 3.19. The van der Waals surface area contributed by atoms with Gasteiger partial charge in [0.1, 0.15) is 0 Å². The standard InChI is InChI=1S/C20H24N2O2/c1-15(22-19(23)13-20(24-2)10-4-11-20)16-6-8-17(9-7-16)18-5-3-12-21-14-18/h3,5-9,12,14-15H,4,10-11,13H2,1-2H3,(H,22,23)/t15-/m1/s1. The van der Waals surface area contributed by atoms with Gasteiger partial charge in [0, 0.05) is 19.5 Å². The number of benzene rings is 1. The molecule has 4 nitrogen and oxygen atoms in total. The molecule has 1 N–H and O–H groups in total. The van der Waals surface area contributed by atoms with Gasteiger partial charge in [0.15, 0.2) is 0 Å². The van der Waals surface area contributed by atoms with Crippen molar-refractivity contribution in [1.29, 1.82) is 0 Å². The summed E-state index contributed by atoms with van der Waals surface area (Å²) in [5.74, 6) is 0.0559. The Morgan fingerprint density at radius 1 is 1.25 bits per heavy atom. The van der Waals surface area contributed by atoms with E-state index >= 15 is 0 Å². The van der Waals surface area contributed by atoms with Gasteiger partial charge < -0.3 is 10.1 Å². The second-order valence-corrected chi connectivity index (χ2v) is 6.57. The topological polar surface area (TPSA) is 51.2 Å². The highest BCUT2D eigenvalue weighted by atomic mass is 16.5. The zero-order chi connectivity index (χ0) is 17.0. The molecule has 1 aliphatic rings. The number of pyridine rings is 1. The number of carbonyl (C=O) groups excluding carboxylic acids is 1. The molecular formula is C20H24N2O2. The van der Waals surface area contributed by atoms with Crippen LogP contribution in [0.5, 0.6) is 0 Å². The average molecular weight is 324 g/mol. The summed E-state index contributed by atoms with van der Waals surface area (Å²) in [5, 5.41) is 3.08. The Bertz CT molecular complexity index is 673. The Balaban J connectivity index is 1.61. The minimum absolute atomic E-state index is 0.0190. The average Bonchev–Trinajstić information content (AvgIpc) is 2.59. The first-order valence-electron chi connectivity index (χ1n) is 8.47. The van der Waals surface area contributed by atoms with Gasteiger partial charge in [0.25, 0.3) is 0 Å². The number of nitrogens with one attached hydrogen (secondary N) is 1. The molecule has 0 unspecified atom stereocenters. The number of ether oxygens (including phenoxy) is 1. The fourth-order valence-electron chi connectivity index (χ4n) is 3.19. The van der Waals surface area contributed by atoms with Gasteiger partial charge in [-0.15, -0.1) is 0 Å². The van der Waals surface area contributed by atoms with E-state index in [1.807, 2.05) is 25.3 Å². The maximum absolute atomic E-state index is 12.3. The van der Waals surface area contributed by atoms with Gasteiger partial charge in [-0.25, -0.2) is 0 Å². The number of hydrogen-bond acceptors (Lipinski definition) is 3. The highest BCUT2D eigenvalue weighted by molar-refractivity contribution is 5.77. The first kappa shape index (κ1) is 16.7. The van der Waals surface area contributed by atoms with Crippen molar-refractivity contribution in [2.24, 2.45) is 0 Å². The van der Waals surface area contributed by atoms with E-state index in [1.165, 1.54) is 0 Å². The molecule has 1 aromatic carbocycles. The summed E-state index contributed by atoms with van der Waals surface area (Å²) >= 11 is 0. The summed E-state index contributed by atoms with van der Waals surface area (Å²) in [6, 6.07) is 12.2. The Hall–Kier alpha value is -2.20. The van der Waals surface area contributed by atoms with E-state index in [0.717, 1.165) is 36.0 Å². The zero-order valence-electron chi connectivity index (χ0n) is 14.3. The van der Waals surface area contributed by atoms with Crippen LogP contribution in [0.3, 0.4) is 0 Å². The third-order valence-corrected chi connectivity index (χ3v) is 4.96. The lowest BCUT2D eigenvalue weighted by atomic mass is 9.77. The predicted octanol–water partition coefficient (Wildman–Crippen LogP) is 3.89. The molecule has 1 amide bonds. The van der Waals surface area contributed by atoms with Crippen LogP contribution in [-0.4, -0.2) is 23.6 Å². The second-order valence-electron chi connectivity index (χ2n) is 6.57. The van der Waals surface area contributed by atoms with E-state index in [4.69, 9.17) is 4.74 Å². The van der Waals surface area contributed by atoms with Gasteiger partial charge in [-0.3, -0.25) is 9.78 Å². The smallest absolute Gasteiger partial charge is 0.223 e. The molecule has 1 atom stereocenters. The quantitative estimate of drug-likeness (QED) is 0.877. The molecule has 3 rings (SSSR count). The van der Waals surface area contributed by atoms with Crippen LogP contribution in [0.15, 0.2) is 48.8 Å². The molecule has 1 aliphatic carbocycles. The van der Waals surface area contributed by atoms with Crippen LogP contribution in [-0.2, 0) is 9.53 Å². The van der Waals surface area contributed by atoms with Crippen molar-refractivity contribution in [3.8, 4) is 11.1 Å². The number of methoxy groups -OCH3 is 1. The van der Waals surface area contributed by atoms with Crippen molar-refractivity contribution in [2.75, 3.05) is 7.11 Å². The predicted molar refractivity (Wildman–Crippen MR) is 94.4 cm³/mol. The van der Waals surface area contributed by atoms with Crippen molar-refractivity contribution in [3.05, 3.63) is 54.4 Å². The van der Waals surface area contributed by atoms with Gasteiger partial charge in [-0.1, -0.05) is 30.3 Å². The second kappa shape index (κ2) is 7.14. The van der Waals surface area contributed by atoms with Crippen LogP contribution in [0.25, 0.3) is 11.1 Å². The number of aromatic nitrogens is 1. The normalized spacial score (nSPS) is 16.9. The maximum Gasteiger partial charge on any atom is 0.223 e. The molecule has 0 saturated heterocycles. The van der Waals surface area contributed by atoms with Crippen molar-refractivity contribution in [3.63, 3.8) is 0 Å². The van der Waals surface area contributed by atoms with Crippen LogP contribution in [0.2, 0.25) is 0 Å². The van der Waals surface area contributed by atoms with Crippen molar-refractivity contribution in [2.45, 2.75) is 44.2 Å². The Morgan fingerprint density at radius 2 is 2.00 bits per heavy atom. The van der Waals surface area contributed by atoms with Crippen molar-refractivity contribution in [1.82, 2.24) is 10.3 Å². The van der Waals surface area contributed by atoms with Crippen LogP contribution in [0, 0.1) is 0 Å². The lowest BCUT2D eigenvalue weighted by Crippen LogP contribution is -2.44. The molecule has 0 radical (unpaired) electrons. The van der Waals surface area contributed by atoms with Crippen LogP contribution < -0.4 is 5.32 Å². The molecule has 4 heteroatoms. The van der Waals surface area contributed by atoms with Gasteiger partial charge in [-0.2, -0.15) is 0 Å². The molecule has 2 aromatic rings. The van der Waals surface area contributed by atoms with Gasteiger partial charge in [-0.05, 0) is 48.9 Å². The molecule has 1 fully saturated rings. The Labute approximate surface area is 143 Å². The lowest BCUT2D eigenvalue weighted by molar-refractivity contribution is -0.134. The van der Waals surface area contributed by atoms with Gasteiger partial charge in [0.05, 0.1) is 18.1 Å². The first-order chi connectivity index (χ1) is 11.6. The molecule has 1 heterocycles. The lowest BCUT2D eigenvalue weighted by Gasteiger charge is -2.40. The maximum atomic E-state index is 12.3. The van der Waals surface area contributed by atoms with E-state index in [1.54, 1.807) is 13.3 Å². The van der Waals surface area contributed by atoms with Gasteiger partial charge >= 0.3 is 0 Å². The molecule has 126 valence electrons. The minimum Gasteiger partial charge on any atom is -0.378 e. The van der Waals surface area contributed by atoms with E-state index < -0.39 is 0 Å². The SMILES string of the molecule is COC1(CC(=O)N[C@H](C)c2ccc(-c3cccnc3)cc2)CCC1. The summed E-state index contributed by atoms with van der Waals surface area (Å²) in [7, 11) is 1.70. The largest absolute Gasteiger partial charge is 0.378 e. The molecule has 0 bridgehead atoms. The summed E-state index contributed by atoms with van der Waals surface area (Å²) in [4.78, 5) is 16.4. The molecule has 1 saturated carbocycles. The molecule has 0 spiro atoms. The number of nitrogens with zero attached hydrogens (tertiary/aromatic N) is 1.